The maximum atomic E-state index is 13.5. The Kier molecular flexibility index (Phi) is 4.01. The summed E-state index contributed by atoms with van der Waals surface area (Å²) in [4.78, 5) is 28.7. The van der Waals surface area contributed by atoms with Crippen LogP contribution in [0.1, 0.15) is 28.9 Å². The zero-order valence-electron chi connectivity index (χ0n) is 16.6. The quantitative estimate of drug-likeness (QED) is 0.530. The Morgan fingerprint density at radius 3 is 2.41 bits per heavy atom. The number of carbonyl (C=O) groups excluding carboxylic acids is 1. The molecule has 5 rings (SSSR count). The fraction of sp³-hybridized carbons (Fsp3) is 0.261. The van der Waals surface area contributed by atoms with Crippen LogP contribution in [-0.4, -0.2) is 38.2 Å². The molecule has 2 aromatic heterocycles. The summed E-state index contributed by atoms with van der Waals surface area (Å²) in [6.07, 6.45) is 2.00. The van der Waals surface area contributed by atoms with Crippen molar-refractivity contribution in [2.24, 2.45) is 7.05 Å². The van der Waals surface area contributed by atoms with Crippen LogP contribution in [0.25, 0.3) is 27.5 Å². The summed E-state index contributed by atoms with van der Waals surface area (Å²) < 4.78 is 3.24. The number of carbonyl (C=O) groups is 1. The van der Waals surface area contributed by atoms with Gasteiger partial charge in [0, 0.05) is 36.4 Å². The molecule has 1 aliphatic rings. The van der Waals surface area contributed by atoms with Crippen LogP contribution in [0.3, 0.4) is 0 Å². The molecule has 1 saturated heterocycles. The Morgan fingerprint density at radius 2 is 1.69 bits per heavy atom. The Hall–Kier alpha value is -3.41. The zero-order chi connectivity index (χ0) is 20.1. The van der Waals surface area contributed by atoms with Gasteiger partial charge in [-0.05, 0) is 38.0 Å². The molecule has 1 fully saturated rings. The molecule has 0 N–H and O–H groups in total. The van der Waals surface area contributed by atoms with Gasteiger partial charge in [-0.15, -0.1) is 0 Å². The van der Waals surface area contributed by atoms with Crippen molar-refractivity contribution >= 4 is 27.7 Å². The van der Waals surface area contributed by atoms with Crippen molar-refractivity contribution in [3.05, 3.63) is 70.1 Å². The molecule has 29 heavy (non-hydrogen) atoms. The molecule has 0 unspecified atom stereocenters. The highest BCUT2D eigenvalue weighted by atomic mass is 16.2. The van der Waals surface area contributed by atoms with Crippen LogP contribution in [0.5, 0.6) is 0 Å². The SMILES string of the molecule is Cc1ccc(-n2nc(C(=O)N3CCCC3)c3c4ccccc4n(C)c3c2=O)cc1. The summed E-state index contributed by atoms with van der Waals surface area (Å²) in [7, 11) is 1.87. The minimum absolute atomic E-state index is 0.107. The molecule has 0 atom stereocenters. The van der Waals surface area contributed by atoms with Crippen molar-refractivity contribution in [1.29, 1.82) is 0 Å². The second kappa shape index (κ2) is 6.58. The Bertz CT molecular complexity index is 1310. The van der Waals surface area contributed by atoms with Crippen molar-refractivity contribution in [2.75, 3.05) is 13.1 Å². The monoisotopic (exact) mass is 386 g/mol. The van der Waals surface area contributed by atoms with Gasteiger partial charge >= 0.3 is 0 Å². The highest BCUT2D eigenvalue weighted by Crippen LogP contribution is 2.29. The van der Waals surface area contributed by atoms with Crippen LogP contribution in [0.2, 0.25) is 0 Å². The van der Waals surface area contributed by atoms with Gasteiger partial charge in [0.1, 0.15) is 5.52 Å². The number of amides is 1. The van der Waals surface area contributed by atoms with Crippen LogP contribution in [0.15, 0.2) is 53.3 Å². The molecule has 1 amide bonds. The maximum absolute atomic E-state index is 13.5. The average Bonchev–Trinajstić information content (AvgIpc) is 3.37. The minimum Gasteiger partial charge on any atom is -0.339 e. The molecule has 0 saturated carbocycles. The third-order valence-electron chi connectivity index (χ3n) is 5.81. The van der Waals surface area contributed by atoms with Gasteiger partial charge in [0.25, 0.3) is 11.5 Å². The van der Waals surface area contributed by atoms with E-state index >= 15 is 0 Å². The Morgan fingerprint density at radius 1 is 1.00 bits per heavy atom. The van der Waals surface area contributed by atoms with Gasteiger partial charge in [-0.25, -0.2) is 0 Å². The highest BCUT2D eigenvalue weighted by molar-refractivity contribution is 6.16. The van der Waals surface area contributed by atoms with Crippen LogP contribution >= 0.6 is 0 Å². The fourth-order valence-electron chi connectivity index (χ4n) is 4.26. The second-order valence-corrected chi connectivity index (χ2v) is 7.70. The summed E-state index contributed by atoms with van der Waals surface area (Å²) in [5.74, 6) is -0.107. The molecule has 6 heteroatoms. The third kappa shape index (κ3) is 2.67. The molecule has 0 bridgehead atoms. The van der Waals surface area contributed by atoms with Crippen molar-refractivity contribution in [2.45, 2.75) is 19.8 Å². The number of nitrogens with zero attached hydrogens (tertiary/aromatic N) is 4. The predicted molar refractivity (Wildman–Crippen MR) is 114 cm³/mol. The average molecular weight is 386 g/mol. The van der Waals surface area contributed by atoms with E-state index in [9.17, 15) is 9.59 Å². The topological polar surface area (TPSA) is 60.1 Å². The standard InChI is InChI=1S/C23H22N4O2/c1-15-9-11-16(12-10-15)27-23(29)21-19(17-7-3-4-8-18(17)25(21)2)20(24-27)22(28)26-13-5-6-14-26/h3-4,7-12H,5-6,13-14H2,1-2H3. The summed E-state index contributed by atoms with van der Waals surface area (Å²) >= 11 is 0. The number of benzene rings is 2. The van der Waals surface area contributed by atoms with E-state index in [0.717, 1.165) is 42.4 Å². The van der Waals surface area contributed by atoms with Gasteiger partial charge in [0.2, 0.25) is 0 Å². The largest absolute Gasteiger partial charge is 0.339 e. The second-order valence-electron chi connectivity index (χ2n) is 7.70. The number of aryl methyl sites for hydroxylation is 2. The first kappa shape index (κ1) is 17.7. The smallest absolute Gasteiger partial charge is 0.296 e. The molecule has 1 aliphatic heterocycles. The maximum Gasteiger partial charge on any atom is 0.296 e. The van der Waals surface area contributed by atoms with Crippen LogP contribution < -0.4 is 5.56 Å². The fourth-order valence-corrected chi connectivity index (χ4v) is 4.26. The molecular weight excluding hydrogens is 364 g/mol. The summed E-state index contributed by atoms with van der Waals surface area (Å²) in [6, 6.07) is 15.4. The molecule has 0 spiro atoms. The van der Waals surface area contributed by atoms with Gasteiger partial charge in [-0.2, -0.15) is 9.78 Å². The van der Waals surface area contributed by atoms with E-state index < -0.39 is 0 Å². The first-order valence-corrected chi connectivity index (χ1v) is 9.93. The number of para-hydroxylation sites is 1. The lowest BCUT2D eigenvalue weighted by Gasteiger charge is -2.16. The van der Waals surface area contributed by atoms with Crippen LogP contribution in [0, 0.1) is 6.92 Å². The van der Waals surface area contributed by atoms with E-state index in [1.165, 1.54) is 4.68 Å². The molecule has 4 aromatic rings. The molecule has 2 aromatic carbocycles. The molecule has 0 radical (unpaired) electrons. The van der Waals surface area contributed by atoms with Gasteiger partial charge in [0.05, 0.1) is 5.69 Å². The zero-order valence-corrected chi connectivity index (χ0v) is 16.6. The van der Waals surface area contributed by atoms with Gasteiger partial charge in [-0.3, -0.25) is 9.59 Å². The third-order valence-corrected chi connectivity index (χ3v) is 5.81. The first-order valence-electron chi connectivity index (χ1n) is 9.93. The van der Waals surface area contributed by atoms with Crippen molar-refractivity contribution in [3.8, 4) is 5.69 Å². The molecular formula is C23H22N4O2. The van der Waals surface area contributed by atoms with Crippen LogP contribution in [0.4, 0.5) is 0 Å². The van der Waals surface area contributed by atoms with Crippen molar-refractivity contribution in [1.82, 2.24) is 19.2 Å². The lowest BCUT2D eigenvalue weighted by atomic mass is 10.1. The number of fused-ring (bicyclic) bond motifs is 3. The van der Waals surface area contributed by atoms with Gasteiger partial charge < -0.3 is 9.47 Å². The van der Waals surface area contributed by atoms with Crippen molar-refractivity contribution < 1.29 is 4.79 Å². The number of aromatic nitrogens is 3. The van der Waals surface area contributed by atoms with E-state index in [1.54, 1.807) is 0 Å². The number of likely N-dealkylation sites (tertiary alicyclic amines) is 1. The number of hydrogen-bond acceptors (Lipinski definition) is 3. The number of rotatable bonds is 2. The van der Waals surface area contributed by atoms with Crippen LogP contribution in [-0.2, 0) is 7.05 Å². The summed E-state index contributed by atoms with van der Waals surface area (Å²) in [5, 5.41) is 6.14. The van der Waals surface area contributed by atoms with Crippen molar-refractivity contribution in [3.63, 3.8) is 0 Å². The van der Waals surface area contributed by atoms with E-state index in [2.05, 4.69) is 5.10 Å². The normalized spacial score (nSPS) is 14.2. The van der Waals surface area contributed by atoms with Gasteiger partial charge in [-0.1, -0.05) is 35.9 Å². The lowest BCUT2D eigenvalue weighted by molar-refractivity contribution is 0.0787. The summed E-state index contributed by atoms with van der Waals surface area (Å²) in [6.45, 7) is 3.46. The highest BCUT2D eigenvalue weighted by Gasteiger charge is 2.27. The van der Waals surface area contributed by atoms with E-state index in [-0.39, 0.29) is 11.5 Å². The van der Waals surface area contributed by atoms with E-state index in [1.807, 2.05) is 72.0 Å². The number of hydrogen-bond donors (Lipinski definition) is 0. The molecule has 0 aliphatic carbocycles. The minimum atomic E-state index is -0.222. The van der Waals surface area contributed by atoms with Gasteiger partial charge in [0.15, 0.2) is 5.69 Å². The Balaban J connectivity index is 1.88. The molecule has 6 nitrogen and oxygen atoms in total. The predicted octanol–water partition coefficient (Wildman–Crippen LogP) is 3.42. The lowest BCUT2D eigenvalue weighted by Crippen LogP contribution is -2.32. The molecule has 146 valence electrons. The van der Waals surface area contributed by atoms with E-state index in [0.29, 0.717) is 22.3 Å². The Labute approximate surface area is 168 Å². The summed E-state index contributed by atoms with van der Waals surface area (Å²) in [5.41, 5.74) is 3.30. The van der Waals surface area contributed by atoms with E-state index in [4.69, 9.17) is 0 Å². The molecule has 3 heterocycles. The first-order chi connectivity index (χ1) is 14.1.